The Balaban J connectivity index is 2.02. The maximum absolute atomic E-state index is 11.9. The van der Waals surface area contributed by atoms with Crippen LogP contribution in [0.1, 0.15) is 94.8 Å². The van der Waals surface area contributed by atoms with Crippen LogP contribution in [0.3, 0.4) is 0 Å². The van der Waals surface area contributed by atoms with Gasteiger partial charge in [0.1, 0.15) is 17.3 Å². The summed E-state index contributed by atoms with van der Waals surface area (Å²) in [6, 6.07) is 7.00. The zero-order valence-electron chi connectivity index (χ0n) is 18.9. The van der Waals surface area contributed by atoms with E-state index in [1.165, 1.54) is 26.4 Å². The van der Waals surface area contributed by atoms with Gasteiger partial charge in [-0.15, -0.1) is 0 Å². The van der Waals surface area contributed by atoms with Gasteiger partial charge in [-0.25, -0.2) is 4.79 Å². The molecule has 1 aromatic carbocycles. The summed E-state index contributed by atoms with van der Waals surface area (Å²) >= 11 is 0. The molecule has 0 aliphatic carbocycles. The van der Waals surface area contributed by atoms with E-state index < -0.39 is 0 Å². The molecule has 0 bridgehead atoms. The second-order valence-electron chi connectivity index (χ2n) is 7.67. The SMILES string of the molecule is CCC(=O)C(CCCCCCCCCCOc1ccc(C(=O)OC)cc1)C(=O)CC. The van der Waals surface area contributed by atoms with Crippen LogP contribution in [0.5, 0.6) is 5.75 Å². The number of hydrogen-bond acceptors (Lipinski definition) is 5. The molecule has 0 saturated carbocycles. The van der Waals surface area contributed by atoms with Crippen LogP contribution >= 0.6 is 0 Å². The normalized spacial score (nSPS) is 10.8. The van der Waals surface area contributed by atoms with E-state index in [-0.39, 0.29) is 23.5 Å². The second-order valence-corrected chi connectivity index (χ2v) is 7.67. The molecule has 0 N–H and O–H groups in total. The van der Waals surface area contributed by atoms with E-state index in [1.807, 2.05) is 13.8 Å². The predicted molar refractivity (Wildman–Crippen MR) is 119 cm³/mol. The van der Waals surface area contributed by atoms with Crippen LogP contribution < -0.4 is 4.74 Å². The summed E-state index contributed by atoms with van der Waals surface area (Å²) in [7, 11) is 1.37. The first-order valence-electron chi connectivity index (χ1n) is 11.4. The van der Waals surface area contributed by atoms with E-state index in [0.717, 1.165) is 44.3 Å². The molecule has 0 fully saturated rings. The number of ketones is 2. The molecule has 1 rings (SSSR count). The van der Waals surface area contributed by atoms with Gasteiger partial charge in [0, 0.05) is 12.8 Å². The molecular formula is C25H38O5. The molecular weight excluding hydrogens is 380 g/mol. The Bertz CT molecular complexity index is 619. The highest BCUT2D eigenvalue weighted by Gasteiger charge is 2.22. The van der Waals surface area contributed by atoms with Gasteiger partial charge in [0.25, 0.3) is 0 Å². The summed E-state index contributed by atoms with van der Waals surface area (Å²) in [6.07, 6.45) is 10.6. The van der Waals surface area contributed by atoms with E-state index in [0.29, 0.717) is 25.0 Å². The van der Waals surface area contributed by atoms with Crippen LogP contribution in [0, 0.1) is 5.92 Å². The van der Waals surface area contributed by atoms with Crippen molar-refractivity contribution in [2.75, 3.05) is 13.7 Å². The van der Waals surface area contributed by atoms with Crippen LogP contribution in [-0.2, 0) is 14.3 Å². The standard InChI is InChI=1S/C25H38O5/c1-4-23(26)22(24(27)5-2)14-12-10-8-6-7-9-11-13-19-30-21-17-15-20(16-18-21)25(28)29-3/h15-18,22H,4-14,19H2,1-3H3. The first-order chi connectivity index (χ1) is 14.5. The van der Waals surface area contributed by atoms with Crippen molar-refractivity contribution in [2.24, 2.45) is 5.92 Å². The lowest BCUT2D eigenvalue weighted by atomic mass is 9.90. The summed E-state index contributed by atoms with van der Waals surface area (Å²) in [6.45, 7) is 4.35. The number of Topliss-reactive ketones (excluding diaryl/α,β-unsaturated/α-hetero) is 2. The molecule has 168 valence electrons. The number of carbonyl (C=O) groups is 3. The Morgan fingerprint density at radius 3 is 1.77 bits per heavy atom. The van der Waals surface area contributed by atoms with Crippen molar-refractivity contribution in [2.45, 2.75) is 84.5 Å². The molecule has 5 nitrogen and oxygen atoms in total. The van der Waals surface area contributed by atoms with Crippen molar-refractivity contribution in [3.63, 3.8) is 0 Å². The summed E-state index contributed by atoms with van der Waals surface area (Å²) in [4.78, 5) is 35.2. The molecule has 30 heavy (non-hydrogen) atoms. The highest BCUT2D eigenvalue weighted by molar-refractivity contribution is 6.02. The van der Waals surface area contributed by atoms with Crippen molar-refractivity contribution >= 4 is 17.5 Å². The Morgan fingerprint density at radius 1 is 0.767 bits per heavy atom. The van der Waals surface area contributed by atoms with Crippen LogP contribution in [0.25, 0.3) is 0 Å². The monoisotopic (exact) mass is 418 g/mol. The van der Waals surface area contributed by atoms with Gasteiger partial charge in [0.05, 0.1) is 25.2 Å². The van der Waals surface area contributed by atoms with Gasteiger partial charge in [-0.2, -0.15) is 0 Å². The molecule has 0 aliphatic rings. The van der Waals surface area contributed by atoms with Crippen molar-refractivity contribution in [1.82, 2.24) is 0 Å². The second kappa shape index (κ2) is 15.6. The molecule has 0 heterocycles. The largest absolute Gasteiger partial charge is 0.494 e. The molecule has 5 heteroatoms. The molecule has 0 aromatic heterocycles. The Morgan fingerprint density at radius 2 is 1.27 bits per heavy atom. The van der Waals surface area contributed by atoms with E-state index in [2.05, 4.69) is 4.74 Å². The lowest BCUT2D eigenvalue weighted by molar-refractivity contribution is -0.132. The third-order valence-electron chi connectivity index (χ3n) is 5.41. The predicted octanol–water partition coefficient (Wildman–Crippen LogP) is 5.94. The van der Waals surface area contributed by atoms with Crippen molar-refractivity contribution in [1.29, 1.82) is 0 Å². The Hall–Kier alpha value is -2.17. The van der Waals surface area contributed by atoms with Crippen LogP contribution in [0.4, 0.5) is 0 Å². The smallest absolute Gasteiger partial charge is 0.337 e. The summed E-state index contributed by atoms with van der Waals surface area (Å²) in [5.74, 6) is 0.262. The van der Waals surface area contributed by atoms with E-state index in [9.17, 15) is 14.4 Å². The highest BCUT2D eigenvalue weighted by Crippen LogP contribution is 2.18. The molecule has 0 atom stereocenters. The third kappa shape index (κ3) is 10.0. The van der Waals surface area contributed by atoms with Crippen LogP contribution in [0.2, 0.25) is 0 Å². The number of hydrogen-bond donors (Lipinski definition) is 0. The zero-order chi connectivity index (χ0) is 22.2. The number of methoxy groups -OCH3 is 1. The Labute approximate surface area is 181 Å². The lowest BCUT2D eigenvalue weighted by Gasteiger charge is -2.12. The first kappa shape index (κ1) is 25.9. The maximum Gasteiger partial charge on any atom is 0.337 e. The lowest BCUT2D eigenvalue weighted by Crippen LogP contribution is -2.22. The fourth-order valence-electron chi connectivity index (χ4n) is 3.50. The van der Waals surface area contributed by atoms with Crippen molar-refractivity contribution in [3.8, 4) is 5.75 Å². The minimum atomic E-state index is -0.364. The van der Waals surface area contributed by atoms with Crippen molar-refractivity contribution < 1.29 is 23.9 Å². The van der Waals surface area contributed by atoms with Crippen molar-refractivity contribution in [3.05, 3.63) is 29.8 Å². The van der Waals surface area contributed by atoms with E-state index in [4.69, 9.17) is 4.74 Å². The van der Waals surface area contributed by atoms with Gasteiger partial charge in [-0.3, -0.25) is 9.59 Å². The number of ether oxygens (including phenoxy) is 2. The quantitative estimate of drug-likeness (QED) is 0.178. The molecule has 0 aliphatic heterocycles. The molecule has 0 spiro atoms. The minimum Gasteiger partial charge on any atom is -0.494 e. The molecule has 0 radical (unpaired) electrons. The fourth-order valence-corrected chi connectivity index (χ4v) is 3.50. The maximum atomic E-state index is 11.9. The Kier molecular flexibility index (Phi) is 13.5. The minimum absolute atomic E-state index is 0.100. The number of benzene rings is 1. The van der Waals surface area contributed by atoms with Gasteiger partial charge >= 0.3 is 5.97 Å². The topological polar surface area (TPSA) is 69.7 Å². The van der Waals surface area contributed by atoms with Crippen LogP contribution in [0.15, 0.2) is 24.3 Å². The van der Waals surface area contributed by atoms with Crippen LogP contribution in [-0.4, -0.2) is 31.3 Å². The van der Waals surface area contributed by atoms with E-state index in [1.54, 1.807) is 24.3 Å². The number of carbonyl (C=O) groups excluding carboxylic acids is 3. The highest BCUT2D eigenvalue weighted by atomic mass is 16.5. The number of unbranched alkanes of at least 4 members (excludes halogenated alkanes) is 7. The first-order valence-corrected chi connectivity index (χ1v) is 11.4. The zero-order valence-corrected chi connectivity index (χ0v) is 18.9. The molecule has 0 saturated heterocycles. The van der Waals surface area contributed by atoms with E-state index >= 15 is 0 Å². The molecule has 0 unspecified atom stereocenters. The number of rotatable bonds is 17. The van der Waals surface area contributed by atoms with Gasteiger partial charge in [-0.05, 0) is 37.1 Å². The van der Waals surface area contributed by atoms with Gasteiger partial charge in [0.2, 0.25) is 0 Å². The average molecular weight is 419 g/mol. The molecule has 1 aromatic rings. The summed E-state index contributed by atoms with van der Waals surface area (Å²) in [5, 5.41) is 0. The van der Waals surface area contributed by atoms with Gasteiger partial charge < -0.3 is 9.47 Å². The molecule has 0 amide bonds. The third-order valence-corrected chi connectivity index (χ3v) is 5.41. The fraction of sp³-hybridized carbons (Fsp3) is 0.640. The average Bonchev–Trinajstić information content (AvgIpc) is 2.78. The van der Waals surface area contributed by atoms with Gasteiger partial charge in [0.15, 0.2) is 0 Å². The number of esters is 1. The summed E-state index contributed by atoms with van der Waals surface area (Å²) in [5.41, 5.74) is 0.522. The summed E-state index contributed by atoms with van der Waals surface area (Å²) < 4.78 is 10.4. The van der Waals surface area contributed by atoms with Gasteiger partial charge in [-0.1, -0.05) is 58.8 Å².